The summed E-state index contributed by atoms with van der Waals surface area (Å²) < 4.78 is 10.2. The molecular formula is C21H22N2O5. The number of benzene rings is 2. The van der Waals surface area contributed by atoms with E-state index >= 15 is 0 Å². The van der Waals surface area contributed by atoms with Crippen LogP contribution in [0.15, 0.2) is 48.5 Å². The summed E-state index contributed by atoms with van der Waals surface area (Å²) in [4.78, 5) is 38.1. The molecule has 1 saturated heterocycles. The van der Waals surface area contributed by atoms with Gasteiger partial charge < -0.3 is 19.7 Å². The molecule has 7 heteroatoms. The van der Waals surface area contributed by atoms with Gasteiger partial charge in [0.2, 0.25) is 5.91 Å². The second-order valence-corrected chi connectivity index (χ2v) is 6.63. The van der Waals surface area contributed by atoms with Gasteiger partial charge in [-0.3, -0.25) is 14.4 Å². The van der Waals surface area contributed by atoms with Crippen molar-refractivity contribution >= 4 is 29.2 Å². The summed E-state index contributed by atoms with van der Waals surface area (Å²) in [6.45, 7) is 1.78. The first kappa shape index (κ1) is 19.4. The highest BCUT2D eigenvalue weighted by atomic mass is 16.5. The fourth-order valence-corrected chi connectivity index (χ4v) is 3.06. The Morgan fingerprint density at radius 2 is 1.96 bits per heavy atom. The van der Waals surface area contributed by atoms with Gasteiger partial charge in [-0.1, -0.05) is 18.2 Å². The number of carbonyl (C=O) groups excluding carboxylic acids is 3. The van der Waals surface area contributed by atoms with Crippen LogP contribution >= 0.6 is 0 Å². The van der Waals surface area contributed by atoms with Crippen molar-refractivity contribution in [2.75, 3.05) is 30.5 Å². The highest BCUT2D eigenvalue weighted by molar-refractivity contribution is 6.00. The van der Waals surface area contributed by atoms with Crippen LogP contribution in [-0.2, 0) is 19.1 Å². The lowest BCUT2D eigenvalue weighted by Crippen LogP contribution is -2.28. The predicted octanol–water partition coefficient (Wildman–Crippen LogP) is 2.54. The minimum atomic E-state index is -0.586. The third-order valence-corrected chi connectivity index (χ3v) is 4.47. The number of amides is 2. The fraction of sp³-hybridized carbons (Fsp3) is 0.286. The molecule has 7 nitrogen and oxygen atoms in total. The van der Waals surface area contributed by atoms with E-state index in [0.717, 1.165) is 11.3 Å². The van der Waals surface area contributed by atoms with E-state index in [2.05, 4.69) is 5.32 Å². The van der Waals surface area contributed by atoms with E-state index in [4.69, 9.17) is 9.47 Å². The predicted molar refractivity (Wildman–Crippen MR) is 104 cm³/mol. The van der Waals surface area contributed by atoms with Crippen molar-refractivity contribution in [2.45, 2.75) is 13.3 Å². The summed E-state index contributed by atoms with van der Waals surface area (Å²) in [5.74, 6) is -1.12. The van der Waals surface area contributed by atoms with Gasteiger partial charge in [-0.25, -0.2) is 0 Å². The summed E-state index contributed by atoms with van der Waals surface area (Å²) in [6, 6.07) is 14.4. The molecule has 28 heavy (non-hydrogen) atoms. The molecule has 2 aromatic rings. The van der Waals surface area contributed by atoms with Crippen LogP contribution in [-0.4, -0.2) is 38.0 Å². The largest absolute Gasteiger partial charge is 0.497 e. The van der Waals surface area contributed by atoms with Crippen molar-refractivity contribution < 1.29 is 23.9 Å². The minimum Gasteiger partial charge on any atom is -0.497 e. The molecule has 0 aromatic heterocycles. The van der Waals surface area contributed by atoms with E-state index in [1.165, 1.54) is 7.11 Å². The van der Waals surface area contributed by atoms with Crippen molar-refractivity contribution in [1.82, 2.24) is 0 Å². The Morgan fingerprint density at radius 1 is 1.18 bits per heavy atom. The lowest BCUT2D eigenvalue weighted by molar-refractivity contribution is -0.151. The number of anilines is 2. The summed E-state index contributed by atoms with van der Waals surface area (Å²) in [5, 5.41) is 2.64. The Labute approximate surface area is 163 Å². The first-order valence-electron chi connectivity index (χ1n) is 8.94. The number of rotatable bonds is 6. The molecule has 0 aliphatic carbocycles. The Kier molecular flexibility index (Phi) is 5.93. The van der Waals surface area contributed by atoms with E-state index in [9.17, 15) is 14.4 Å². The molecule has 1 atom stereocenters. The zero-order valence-corrected chi connectivity index (χ0v) is 15.8. The molecule has 1 N–H and O–H groups in total. The summed E-state index contributed by atoms with van der Waals surface area (Å²) >= 11 is 0. The summed E-state index contributed by atoms with van der Waals surface area (Å²) in [5.41, 5.74) is 2.34. The molecule has 1 aliphatic rings. The van der Waals surface area contributed by atoms with Gasteiger partial charge in [-0.2, -0.15) is 0 Å². The van der Waals surface area contributed by atoms with Gasteiger partial charge in [0.05, 0.1) is 13.0 Å². The molecule has 0 unspecified atom stereocenters. The Balaban J connectivity index is 1.52. The van der Waals surface area contributed by atoms with E-state index in [0.29, 0.717) is 11.4 Å². The molecule has 0 bridgehead atoms. The third-order valence-electron chi connectivity index (χ3n) is 4.47. The number of carbonyl (C=O) groups is 3. The number of aryl methyl sites for hydroxylation is 1. The maximum atomic E-state index is 12.3. The van der Waals surface area contributed by atoms with Crippen LogP contribution in [0.1, 0.15) is 12.0 Å². The van der Waals surface area contributed by atoms with E-state index in [1.54, 1.807) is 29.2 Å². The van der Waals surface area contributed by atoms with E-state index in [1.807, 2.05) is 31.2 Å². The number of methoxy groups -OCH3 is 1. The molecule has 0 spiro atoms. The highest BCUT2D eigenvalue weighted by Gasteiger charge is 2.36. The number of nitrogens with one attached hydrogen (secondary N) is 1. The molecule has 1 aliphatic heterocycles. The van der Waals surface area contributed by atoms with Crippen LogP contribution in [0, 0.1) is 12.8 Å². The highest BCUT2D eigenvalue weighted by Crippen LogP contribution is 2.26. The number of ether oxygens (including phenoxy) is 2. The van der Waals surface area contributed by atoms with Gasteiger partial charge in [0.15, 0.2) is 6.61 Å². The molecule has 3 rings (SSSR count). The van der Waals surface area contributed by atoms with E-state index in [-0.39, 0.29) is 18.9 Å². The number of esters is 1. The minimum absolute atomic E-state index is 0.0737. The first-order valence-corrected chi connectivity index (χ1v) is 8.94. The van der Waals surface area contributed by atoms with Gasteiger partial charge in [-0.05, 0) is 36.8 Å². The number of nitrogens with zero attached hydrogens (tertiary/aromatic N) is 1. The fourth-order valence-electron chi connectivity index (χ4n) is 3.06. The Hall–Kier alpha value is -3.35. The molecule has 146 valence electrons. The summed E-state index contributed by atoms with van der Waals surface area (Å²) in [7, 11) is 1.53. The molecule has 2 aromatic carbocycles. The van der Waals surface area contributed by atoms with Crippen LogP contribution < -0.4 is 15.0 Å². The lowest BCUT2D eigenvalue weighted by Gasteiger charge is -2.17. The van der Waals surface area contributed by atoms with Crippen molar-refractivity contribution in [1.29, 1.82) is 0 Å². The van der Waals surface area contributed by atoms with E-state index < -0.39 is 24.4 Å². The van der Waals surface area contributed by atoms with Crippen molar-refractivity contribution in [3.63, 3.8) is 0 Å². The monoisotopic (exact) mass is 382 g/mol. The van der Waals surface area contributed by atoms with Gasteiger partial charge in [0, 0.05) is 30.4 Å². The maximum absolute atomic E-state index is 12.3. The van der Waals surface area contributed by atoms with Crippen molar-refractivity contribution in [3.8, 4) is 5.75 Å². The normalized spacial score (nSPS) is 16.0. The standard InChI is InChI=1S/C21H22N2O5/c1-14-5-3-7-17(9-14)23-12-15(10-20(23)25)21(26)28-13-19(24)22-16-6-4-8-18(11-16)27-2/h3-9,11,15H,10,12-13H2,1-2H3,(H,22,24)/t15-/m0/s1. The average Bonchev–Trinajstić information content (AvgIpc) is 3.08. The van der Waals surface area contributed by atoms with Gasteiger partial charge in [0.25, 0.3) is 5.91 Å². The molecular weight excluding hydrogens is 360 g/mol. The van der Waals surface area contributed by atoms with Crippen molar-refractivity contribution in [3.05, 3.63) is 54.1 Å². The van der Waals surface area contributed by atoms with Gasteiger partial charge in [-0.15, -0.1) is 0 Å². The Bertz CT molecular complexity index is 896. The quantitative estimate of drug-likeness (QED) is 0.776. The second-order valence-electron chi connectivity index (χ2n) is 6.63. The second kappa shape index (κ2) is 8.56. The number of hydrogen-bond acceptors (Lipinski definition) is 5. The number of hydrogen-bond donors (Lipinski definition) is 1. The van der Waals surface area contributed by atoms with Crippen LogP contribution in [0.4, 0.5) is 11.4 Å². The zero-order valence-electron chi connectivity index (χ0n) is 15.8. The average molecular weight is 382 g/mol. The zero-order chi connectivity index (χ0) is 20.1. The van der Waals surface area contributed by atoms with Crippen LogP contribution in [0.2, 0.25) is 0 Å². The molecule has 2 amide bonds. The first-order chi connectivity index (χ1) is 13.5. The van der Waals surface area contributed by atoms with Crippen LogP contribution in [0.25, 0.3) is 0 Å². The molecule has 0 radical (unpaired) electrons. The van der Waals surface area contributed by atoms with Gasteiger partial charge >= 0.3 is 5.97 Å². The van der Waals surface area contributed by atoms with Crippen LogP contribution in [0.3, 0.4) is 0 Å². The SMILES string of the molecule is COc1cccc(NC(=O)COC(=O)[C@H]2CC(=O)N(c3cccc(C)c3)C2)c1. The van der Waals surface area contributed by atoms with Crippen molar-refractivity contribution in [2.24, 2.45) is 5.92 Å². The third kappa shape index (κ3) is 4.68. The smallest absolute Gasteiger partial charge is 0.311 e. The summed E-state index contributed by atoms with van der Waals surface area (Å²) in [6.07, 6.45) is 0.0737. The van der Waals surface area contributed by atoms with Gasteiger partial charge in [0.1, 0.15) is 5.75 Å². The Morgan fingerprint density at radius 3 is 2.71 bits per heavy atom. The topological polar surface area (TPSA) is 84.9 Å². The maximum Gasteiger partial charge on any atom is 0.311 e. The molecule has 0 saturated carbocycles. The lowest BCUT2D eigenvalue weighted by atomic mass is 10.1. The van der Waals surface area contributed by atoms with Crippen LogP contribution in [0.5, 0.6) is 5.75 Å². The molecule has 1 fully saturated rings. The molecule has 1 heterocycles.